The SMILES string of the molecule is CC(=O)NCC1CN(c2ccc(N3CCC(n4ncc(-c5ccccn5)n4)C3)c(F)c2)C(=O)O1. The predicted octanol–water partition coefficient (Wildman–Crippen LogP) is 2.39. The molecule has 0 radical (unpaired) electrons. The number of ether oxygens (including phenoxy) is 1. The number of hydrogen-bond donors (Lipinski definition) is 1. The second-order valence-corrected chi connectivity index (χ2v) is 8.34. The quantitative estimate of drug-likeness (QED) is 0.596. The maximum atomic E-state index is 15.1. The van der Waals surface area contributed by atoms with Crippen molar-refractivity contribution in [3.63, 3.8) is 0 Å². The van der Waals surface area contributed by atoms with Gasteiger partial charge in [0.25, 0.3) is 0 Å². The minimum atomic E-state index is -0.558. The highest BCUT2D eigenvalue weighted by Gasteiger charge is 2.33. The molecule has 2 aromatic heterocycles. The highest BCUT2D eigenvalue weighted by molar-refractivity contribution is 5.90. The van der Waals surface area contributed by atoms with E-state index in [1.807, 2.05) is 23.1 Å². The third kappa shape index (κ3) is 4.41. The van der Waals surface area contributed by atoms with Gasteiger partial charge in [0, 0.05) is 26.2 Å². The summed E-state index contributed by atoms with van der Waals surface area (Å²) in [6.45, 7) is 3.08. The molecule has 3 aromatic rings. The van der Waals surface area contributed by atoms with E-state index in [4.69, 9.17) is 4.74 Å². The Morgan fingerprint density at radius 3 is 2.88 bits per heavy atom. The average molecular weight is 465 g/mol. The van der Waals surface area contributed by atoms with E-state index in [2.05, 4.69) is 20.5 Å². The van der Waals surface area contributed by atoms with Crippen LogP contribution in [0.4, 0.5) is 20.6 Å². The molecule has 10 nitrogen and oxygen atoms in total. The normalized spacial score (nSPS) is 20.0. The van der Waals surface area contributed by atoms with Gasteiger partial charge in [0.1, 0.15) is 17.6 Å². The molecule has 0 spiro atoms. The lowest BCUT2D eigenvalue weighted by Crippen LogP contribution is -2.33. The number of amides is 2. The topological polar surface area (TPSA) is 105 Å². The maximum Gasteiger partial charge on any atom is 0.414 e. The second-order valence-electron chi connectivity index (χ2n) is 8.34. The van der Waals surface area contributed by atoms with Crippen molar-refractivity contribution >= 4 is 23.4 Å². The van der Waals surface area contributed by atoms with Crippen molar-refractivity contribution in [3.05, 3.63) is 54.6 Å². The Balaban J connectivity index is 1.25. The molecule has 2 atom stereocenters. The summed E-state index contributed by atoms with van der Waals surface area (Å²) in [6, 6.07) is 10.4. The molecule has 5 rings (SSSR count). The molecule has 2 unspecified atom stereocenters. The Bertz CT molecular complexity index is 1200. The number of anilines is 2. The first-order valence-corrected chi connectivity index (χ1v) is 11.1. The van der Waals surface area contributed by atoms with Crippen LogP contribution in [-0.4, -0.2) is 64.3 Å². The van der Waals surface area contributed by atoms with Crippen LogP contribution in [0.25, 0.3) is 11.4 Å². The molecular weight excluding hydrogens is 441 g/mol. The number of nitrogens with zero attached hydrogens (tertiary/aromatic N) is 6. The maximum absolute atomic E-state index is 15.1. The summed E-state index contributed by atoms with van der Waals surface area (Å²) < 4.78 is 20.3. The molecule has 2 amide bonds. The molecule has 0 saturated carbocycles. The first kappa shape index (κ1) is 21.8. The van der Waals surface area contributed by atoms with Crippen LogP contribution in [0, 0.1) is 5.82 Å². The van der Waals surface area contributed by atoms with Gasteiger partial charge in [-0.05, 0) is 36.8 Å². The summed E-state index contributed by atoms with van der Waals surface area (Å²) in [5.74, 6) is -0.619. The van der Waals surface area contributed by atoms with Crippen molar-refractivity contribution in [1.29, 1.82) is 0 Å². The van der Waals surface area contributed by atoms with Crippen molar-refractivity contribution < 1.29 is 18.7 Å². The molecule has 0 aliphatic carbocycles. The van der Waals surface area contributed by atoms with Crippen LogP contribution in [0.3, 0.4) is 0 Å². The number of cyclic esters (lactones) is 1. The average Bonchev–Trinajstić information content (AvgIpc) is 3.58. The van der Waals surface area contributed by atoms with E-state index in [0.717, 1.165) is 12.1 Å². The standard InChI is InChI=1S/C23H24FN7O3/c1-15(32)26-11-18-14-30(23(33)34-18)16-5-6-22(19(24)10-16)29-9-7-17(13-29)31-27-12-21(28-31)20-4-2-3-8-25-20/h2-6,8,10,12,17-18H,7,9,11,13-14H2,1H3,(H,26,32). The van der Waals surface area contributed by atoms with Crippen LogP contribution in [0.15, 0.2) is 48.8 Å². The van der Waals surface area contributed by atoms with Crippen LogP contribution in [0.2, 0.25) is 0 Å². The summed E-state index contributed by atoms with van der Waals surface area (Å²) in [5, 5.41) is 11.6. The Kier molecular flexibility index (Phi) is 5.83. The Hall–Kier alpha value is -4.02. The number of pyridine rings is 1. The van der Waals surface area contributed by atoms with Gasteiger partial charge in [-0.3, -0.25) is 14.7 Å². The van der Waals surface area contributed by atoms with Gasteiger partial charge in [0.15, 0.2) is 0 Å². The second kappa shape index (κ2) is 9.08. The number of nitrogens with one attached hydrogen (secondary N) is 1. The van der Waals surface area contributed by atoms with Crippen LogP contribution < -0.4 is 15.1 Å². The van der Waals surface area contributed by atoms with Gasteiger partial charge in [-0.15, -0.1) is 0 Å². The largest absolute Gasteiger partial charge is 0.442 e. The van der Waals surface area contributed by atoms with E-state index < -0.39 is 18.0 Å². The van der Waals surface area contributed by atoms with Crippen molar-refractivity contribution in [2.24, 2.45) is 0 Å². The summed E-state index contributed by atoms with van der Waals surface area (Å²) in [7, 11) is 0. The fraction of sp³-hybridized carbons (Fsp3) is 0.348. The lowest BCUT2D eigenvalue weighted by atomic mass is 10.2. The zero-order valence-electron chi connectivity index (χ0n) is 18.6. The minimum absolute atomic E-state index is 0.0135. The number of rotatable bonds is 6. The highest BCUT2D eigenvalue weighted by Crippen LogP contribution is 2.32. The van der Waals surface area contributed by atoms with Crippen molar-refractivity contribution in [3.8, 4) is 11.4 Å². The van der Waals surface area contributed by atoms with E-state index in [-0.39, 0.29) is 25.0 Å². The van der Waals surface area contributed by atoms with Gasteiger partial charge in [0.05, 0.1) is 42.4 Å². The van der Waals surface area contributed by atoms with Gasteiger partial charge in [0.2, 0.25) is 5.91 Å². The lowest BCUT2D eigenvalue weighted by Gasteiger charge is -2.21. The highest BCUT2D eigenvalue weighted by atomic mass is 19.1. The third-order valence-electron chi connectivity index (χ3n) is 5.96. The third-order valence-corrected chi connectivity index (χ3v) is 5.96. The zero-order chi connectivity index (χ0) is 23.7. The number of carbonyl (C=O) groups is 2. The lowest BCUT2D eigenvalue weighted by molar-refractivity contribution is -0.119. The van der Waals surface area contributed by atoms with Crippen LogP contribution >= 0.6 is 0 Å². The van der Waals surface area contributed by atoms with E-state index in [0.29, 0.717) is 30.2 Å². The molecule has 2 aliphatic rings. The molecule has 11 heteroatoms. The van der Waals surface area contributed by atoms with E-state index in [1.54, 1.807) is 29.3 Å². The Morgan fingerprint density at radius 2 is 2.12 bits per heavy atom. The van der Waals surface area contributed by atoms with Gasteiger partial charge in [-0.2, -0.15) is 15.0 Å². The molecular formula is C23H24FN7O3. The summed E-state index contributed by atoms with van der Waals surface area (Å²) in [5.41, 5.74) is 2.33. The Labute approximate surface area is 195 Å². The van der Waals surface area contributed by atoms with Gasteiger partial charge in [-0.1, -0.05) is 6.07 Å². The number of aromatic nitrogens is 4. The number of hydrogen-bond acceptors (Lipinski definition) is 7. The summed E-state index contributed by atoms with van der Waals surface area (Å²) >= 11 is 0. The van der Waals surface area contributed by atoms with E-state index >= 15 is 4.39 Å². The monoisotopic (exact) mass is 465 g/mol. The molecule has 2 aliphatic heterocycles. The summed E-state index contributed by atoms with van der Waals surface area (Å²) in [6.07, 6.45) is 3.15. The summed E-state index contributed by atoms with van der Waals surface area (Å²) in [4.78, 5) is 32.6. The molecule has 34 heavy (non-hydrogen) atoms. The fourth-order valence-corrected chi connectivity index (χ4v) is 4.25. The van der Waals surface area contributed by atoms with Gasteiger partial charge >= 0.3 is 6.09 Å². The molecule has 0 bridgehead atoms. The number of carbonyl (C=O) groups excluding carboxylic acids is 2. The van der Waals surface area contributed by atoms with Crippen LogP contribution in [0.1, 0.15) is 19.4 Å². The minimum Gasteiger partial charge on any atom is -0.442 e. The molecule has 1 N–H and O–H groups in total. The first-order chi connectivity index (χ1) is 16.5. The molecule has 2 saturated heterocycles. The van der Waals surface area contributed by atoms with Crippen molar-refractivity contribution in [2.45, 2.75) is 25.5 Å². The molecule has 4 heterocycles. The predicted molar refractivity (Wildman–Crippen MR) is 122 cm³/mol. The van der Waals surface area contributed by atoms with Gasteiger partial charge < -0.3 is 15.0 Å². The smallest absolute Gasteiger partial charge is 0.414 e. The number of benzene rings is 1. The first-order valence-electron chi connectivity index (χ1n) is 11.1. The molecule has 2 fully saturated rings. The van der Waals surface area contributed by atoms with E-state index in [9.17, 15) is 9.59 Å². The van der Waals surface area contributed by atoms with Crippen molar-refractivity contribution in [1.82, 2.24) is 25.3 Å². The van der Waals surface area contributed by atoms with Crippen LogP contribution in [-0.2, 0) is 9.53 Å². The molecule has 1 aromatic carbocycles. The fourth-order valence-electron chi connectivity index (χ4n) is 4.25. The van der Waals surface area contributed by atoms with Crippen LogP contribution in [0.5, 0.6) is 0 Å². The van der Waals surface area contributed by atoms with Crippen molar-refractivity contribution in [2.75, 3.05) is 36.0 Å². The number of halogens is 1. The van der Waals surface area contributed by atoms with E-state index in [1.165, 1.54) is 17.9 Å². The Morgan fingerprint density at radius 1 is 1.24 bits per heavy atom. The zero-order valence-corrected chi connectivity index (χ0v) is 18.6. The van der Waals surface area contributed by atoms with Gasteiger partial charge in [-0.25, -0.2) is 9.18 Å². The molecule has 176 valence electrons.